The van der Waals surface area contributed by atoms with Gasteiger partial charge < -0.3 is 0 Å². The molecule has 0 aliphatic heterocycles. The second kappa shape index (κ2) is 5.69. The smallest absolute Gasteiger partial charge is 0.177 e. The Morgan fingerprint density at radius 3 is 2.23 bits per heavy atom. The van der Waals surface area contributed by atoms with Gasteiger partial charge in [0.1, 0.15) is 0 Å². The lowest BCUT2D eigenvalue weighted by Crippen LogP contribution is -1.99. The summed E-state index contributed by atoms with van der Waals surface area (Å²) in [6, 6.07) is 12.0. The number of hydrogen-bond donors (Lipinski definition) is 0. The first kappa shape index (κ1) is 15.0. The summed E-state index contributed by atoms with van der Waals surface area (Å²) in [7, 11) is -3.19. The van der Waals surface area contributed by atoms with Crippen molar-refractivity contribution in [3.8, 4) is 0 Å². The van der Waals surface area contributed by atoms with E-state index in [1.165, 1.54) is 34.7 Å². The molecule has 0 saturated heterocycles. The highest BCUT2D eigenvalue weighted by atomic mass is 32.2. The summed E-state index contributed by atoms with van der Waals surface area (Å²) < 4.78 is 23.1. The Bertz CT molecular complexity index is 816. The van der Waals surface area contributed by atoms with E-state index < -0.39 is 9.84 Å². The second-order valence-electron chi connectivity index (χ2n) is 5.83. The van der Waals surface area contributed by atoms with Crippen LogP contribution in [0.5, 0.6) is 0 Å². The van der Waals surface area contributed by atoms with Crippen molar-refractivity contribution in [3.05, 3.63) is 59.4 Å². The lowest BCUT2D eigenvalue weighted by Gasteiger charge is -2.08. The van der Waals surface area contributed by atoms with Crippen molar-refractivity contribution in [3.63, 3.8) is 0 Å². The molecule has 0 spiro atoms. The van der Waals surface area contributed by atoms with E-state index in [0.717, 1.165) is 25.0 Å². The standard InChI is InChI=1S/C18H19NO2S/c1-13-6-8-14(9-7-13)16-4-3-5-17(16)18-11-10-15(12-19-18)22(2,20)21/h6-12H,3-5H2,1-2H3. The van der Waals surface area contributed by atoms with Crippen LogP contribution in [0.4, 0.5) is 0 Å². The fourth-order valence-electron chi connectivity index (χ4n) is 2.88. The Balaban J connectivity index is 2.01. The van der Waals surface area contributed by atoms with Gasteiger partial charge in [-0.25, -0.2) is 8.42 Å². The summed E-state index contributed by atoms with van der Waals surface area (Å²) in [5, 5.41) is 0. The minimum absolute atomic E-state index is 0.270. The molecule has 0 atom stereocenters. The van der Waals surface area contributed by atoms with Crippen LogP contribution in [0, 0.1) is 6.92 Å². The van der Waals surface area contributed by atoms with Crippen molar-refractivity contribution in [1.82, 2.24) is 4.98 Å². The molecular formula is C18H19NO2S. The Hall–Kier alpha value is -1.94. The van der Waals surface area contributed by atoms with Gasteiger partial charge in [0.2, 0.25) is 0 Å². The average molecular weight is 313 g/mol. The minimum Gasteiger partial charge on any atom is -0.255 e. The van der Waals surface area contributed by atoms with Gasteiger partial charge >= 0.3 is 0 Å². The van der Waals surface area contributed by atoms with Crippen LogP contribution in [0.1, 0.15) is 36.1 Å². The molecule has 22 heavy (non-hydrogen) atoms. The molecule has 0 amide bonds. The minimum atomic E-state index is -3.19. The van der Waals surface area contributed by atoms with Gasteiger partial charge in [0.05, 0.1) is 10.6 Å². The summed E-state index contributed by atoms with van der Waals surface area (Å²) in [5.74, 6) is 0. The number of nitrogens with zero attached hydrogens (tertiary/aromatic N) is 1. The number of sulfone groups is 1. The molecule has 0 N–H and O–H groups in total. The molecule has 0 bridgehead atoms. The predicted molar refractivity (Wildman–Crippen MR) is 89.2 cm³/mol. The molecule has 1 aliphatic rings. The molecule has 4 heteroatoms. The average Bonchev–Trinajstić information content (AvgIpc) is 2.97. The first-order valence-corrected chi connectivity index (χ1v) is 9.30. The lowest BCUT2D eigenvalue weighted by atomic mass is 9.99. The van der Waals surface area contributed by atoms with Crippen molar-refractivity contribution in [2.75, 3.05) is 6.26 Å². The van der Waals surface area contributed by atoms with Gasteiger partial charge in [0.15, 0.2) is 9.84 Å². The molecule has 1 aliphatic carbocycles. The third kappa shape index (κ3) is 2.97. The summed E-state index contributed by atoms with van der Waals surface area (Å²) in [5.41, 5.74) is 5.95. The molecular weight excluding hydrogens is 294 g/mol. The lowest BCUT2D eigenvalue weighted by molar-refractivity contribution is 0.601. The van der Waals surface area contributed by atoms with E-state index >= 15 is 0 Å². The van der Waals surface area contributed by atoms with Crippen LogP contribution >= 0.6 is 0 Å². The van der Waals surface area contributed by atoms with Gasteiger partial charge in [0, 0.05) is 12.5 Å². The number of rotatable bonds is 3. The van der Waals surface area contributed by atoms with Crippen molar-refractivity contribution in [2.45, 2.75) is 31.1 Å². The van der Waals surface area contributed by atoms with Crippen LogP contribution in [0.3, 0.4) is 0 Å². The zero-order valence-corrected chi connectivity index (χ0v) is 13.7. The maximum absolute atomic E-state index is 11.5. The molecule has 1 aromatic heterocycles. The van der Waals surface area contributed by atoms with E-state index in [4.69, 9.17) is 0 Å². The van der Waals surface area contributed by atoms with Gasteiger partial charge in [-0.1, -0.05) is 29.8 Å². The van der Waals surface area contributed by atoms with E-state index in [0.29, 0.717) is 0 Å². The zero-order valence-electron chi connectivity index (χ0n) is 12.8. The van der Waals surface area contributed by atoms with Gasteiger partial charge in [-0.2, -0.15) is 0 Å². The third-order valence-electron chi connectivity index (χ3n) is 4.09. The van der Waals surface area contributed by atoms with Gasteiger partial charge in [-0.05, 0) is 55.0 Å². The van der Waals surface area contributed by atoms with Crippen molar-refractivity contribution in [1.29, 1.82) is 0 Å². The summed E-state index contributed by atoms with van der Waals surface area (Å²) in [4.78, 5) is 4.65. The highest BCUT2D eigenvalue weighted by Crippen LogP contribution is 2.39. The Labute approximate surface area is 131 Å². The molecule has 3 nitrogen and oxygen atoms in total. The molecule has 1 heterocycles. The zero-order chi connectivity index (χ0) is 15.7. The molecule has 2 aromatic rings. The first-order valence-electron chi connectivity index (χ1n) is 7.41. The van der Waals surface area contributed by atoms with Crippen molar-refractivity contribution < 1.29 is 8.42 Å². The second-order valence-corrected chi connectivity index (χ2v) is 7.84. The number of allylic oxidation sites excluding steroid dienone is 2. The fraction of sp³-hybridized carbons (Fsp3) is 0.278. The molecule has 0 unspecified atom stereocenters. The van der Waals surface area contributed by atoms with Gasteiger partial charge in [-0.15, -0.1) is 0 Å². The summed E-state index contributed by atoms with van der Waals surface area (Å²) in [6.45, 7) is 2.08. The van der Waals surface area contributed by atoms with Crippen LogP contribution in [-0.2, 0) is 9.84 Å². The summed E-state index contributed by atoms with van der Waals surface area (Å²) >= 11 is 0. The van der Waals surface area contributed by atoms with E-state index in [2.05, 4.69) is 36.2 Å². The molecule has 114 valence electrons. The highest BCUT2D eigenvalue weighted by Gasteiger charge is 2.19. The number of hydrogen-bond acceptors (Lipinski definition) is 3. The SMILES string of the molecule is Cc1ccc(C2=C(c3ccc(S(C)(=O)=O)cn3)CCC2)cc1. The largest absolute Gasteiger partial charge is 0.255 e. The molecule has 0 saturated carbocycles. The Kier molecular flexibility index (Phi) is 3.87. The molecule has 3 rings (SSSR count). The van der Waals surface area contributed by atoms with Crippen LogP contribution in [0.25, 0.3) is 11.1 Å². The fourth-order valence-corrected chi connectivity index (χ4v) is 3.44. The number of aromatic nitrogens is 1. The Morgan fingerprint density at radius 2 is 1.64 bits per heavy atom. The maximum Gasteiger partial charge on any atom is 0.177 e. The number of benzene rings is 1. The van der Waals surface area contributed by atoms with E-state index in [1.54, 1.807) is 6.07 Å². The van der Waals surface area contributed by atoms with E-state index in [-0.39, 0.29) is 4.90 Å². The van der Waals surface area contributed by atoms with E-state index in [1.807, 2.05) is 6.07 Å². The first-order chi connectivity index (χ1) is 10.4. The van der Waals surface area contributed by atoms with Gasteiger partial charge in [-0.3, -0.25) is 4.98 Å². The third-order valence-corrected chi connectivity index (χ3v) is 5.19. The van der Waals surface area contributed by atoms with Crippen molar-refractivity contribution in [2.24, 2.45) is 0 Å². The molecule has 0 radical (unpaired) electrons. The molecule has 0 fully saturated rings. The monoisotopic (exact) mass is 313 g/mol. The van der Waals surface area contributed by atoms with Gasteiger partial charge in [0.25, 0.3) is 0 Å². The number of pyridine rings is 1. The van der Waals surface area contributed by atoms with Crippen LogP contribution in [-0.4, -0.2) is 19.7 Å². The quantitative estimate of drug-likeness (QED) is 0.863. The van der Waals surface area contributed by atoms with Crippen LogP contribution < -0.4 is 0 Å². The van der Waals surface area contributed by atoms with Crippen LogP contribution in [0.15, 0.2) is 47.5 Å². The topological polar surface area (TPSA) is 47.0 Å². The Morgan fingerprint density at radius 1 is 0.955 bits per heavy atom. The normalized spacial score (nSPS) is 15.4. The van der Waals surface area contributed by atoms with Crippen molar-refractivity contribution >= 4 is 21.0 Å². The number of aryl methyl sites for hydroxylation is 1. The molecule has 1 aromatic carbocycles. The van der Waals surface area contributed by atoms with Crippen LogP contribution in [0.2, 0.25) is 0 Å². The van der Waals surface area contributed by atoms with E-state index in [9.17, 15) is 8.42 Å². The highest BCUT2D eigenvalue weighted by molar-refractivity contribution is 7.90. The predicted octanol–water partition coefficient (Wildman–Crippen LogP) is 3.89. The maximum atomic E-state index is 11.5. The summed E-state index contributed by atoms with van der Waals surface area (Å²) in [6.07, 6.45) is 5.83.